The van der Waals surface area contributed by atoms with Crippen LogP contribution in [0.25, 0.3) is 10.9 Å². The maximum Gasteiger partial charge on any atom is 0.249 e. The molecule has 3 heterocycles. The number of nitrogens with one attached hydrogen (secondary N) is 2. The molecule has 0 saturated carbocycles. The minimum atomic E-state index is -0.711. The SMILES string of the molecule is CCC(=O)N1CCC(CCC(=O)N[C@H](Cc2c[nH]c3ccccc23)C(=O)N2C[C@H](CN(C)C)Cc3cc(Cl)ccc32)CC1. The molecule has 230 valence electrons. The minimum absolute atomic E-state index is 0.1000. The third-order valence-corrected chi connectivity index (χ3v) is 9.19. The van der Waals surface area contributed by atoms with Crippen LogP contribution in [0, 0.1) is 11.8 Å². The number of amides is 3. The van der Waals surface area contributed by atoms with Crippen molar-refractivity contribution in [1.82, 2.24) is 20.1 Å². The number of nitrogens with zero attached hydrogens (tertiary/aromatic N) is 3. The van der Waals surface area contributed by atoms with Crippen LogP contribution in [0.2, 0.25) is 5.02 Å². The number of carbonyl (C=O) groups is 3. The van der Waals surface area contributed by atoms with Gasteiger partial charge in [-0.15, -0.1) is 0 Å². The van der Waals surface area contributed by atoms with E-state index in [9.17, 15) is 14.4 Å². The van der Waals surface area contributed by atoms with E-state index in [0.717, 1.165) is 73.0 Å². The Morgan fingerprint density at radius 1 is 1.09 bits per heavy atom. The highest BCUT2D eigenvalue weighted by Crippen LogP contribution is 2.33. The Morgan fingerprint density at radius 3 is 2.60 bits per heavy atom. The first-order valence-electron chi connectivity index (χ1n) is 15.6. The third kappa shape index (κ3) is 7.60. The zero-order valence-electron chi connectivity index (χ0n) is 25.6. The Hall–Kier alpha value is -3.36. The summed E-state index contributed by atoms with van der Waals surface area (Å²) < 4.78 is 0. The number of halogens is 1. The Bertz CT molecular complexity index is 1440. The van der Waals surface area contributed by atoms with Crippen LogP contribution >= 0.6 is 11.6 Å². The lowest BCUT2D eigenvalue weighted by atomic mass is 9.90. The number of aromatic nitrogens is 1. The molecule has 2 aromatic carbocycles. The van der Waals surface area contributed by atoms with E-state index in [1.165, 1.54) is 0 Å². The number of carbonyl (C=O) groups excluding carboxylic acids is 3. The maximum atomic E-state index is 14.4. The Labute approximate surface area is 259 Å². The van der Waals surface area contributed by atoms with Gasteiger partial charge in [-0.25, -0.2) is 0 Å². The van der Waals surface area contributed by atoms with Gasteiger partial charge < -0.3 is 25.0 Å². The summed E-state index contributed by atoms with van der Waals surface area (Å²) in [5.41, 5.74) is 3.94. The van der Waals surface area contributed by atoms with Crippen LogP contribution in [0.1, 0.15) is 50.2 Å². The summed E-state index contributed by atoms with van der Waals surface area (Å²) in [5.74, 6) is 0.643. The zero-order chi connectivity index (χ0) is 30.5. The molecule has 2 aliphatic rings. The summed E-state index contributed by atoms with van der Waals surface area (Å²) in [6.07, 6.45) is 6.66. The summed E-state index contributed by atoms with van der Waals surface area (Å²) in [7, 11) is 4.09. The van der Waals surface area contributed by atoms with Crippen LogP contribution in [0.4, 0.5) is 5.69 Å². The molecule has 0 unspecified atom stereocenters. The first-order valence-corrected chi connectivity index (χ1v) is 16.0. The van der Waals surface area contributed by atoms with Gasteiger partial charge in [0.2, 0.25) is 17.7 Å². The predicted molar refractivity (Wildman–Crippen MR) is 172 cm³/mol. The number of benzene rings is 2. The normalized spacial score (nSPS) is 18.1. The highest BCUT2D eigenvalue weighted by Gasteiger charge is 2.34. The van der Waals surface area contributed by atoms with Crippen molar-refractivity contribution in [3.63, 3.8) is 0 Å². The molecule has 1 fully saturated rings. The van der Waals surface area contributed by atoms with Crippen molar-refractivity contribution in [2.45, 2.75) is 57.9 Å². The molecular weight excluding hydrogens is 562 g/mol. The number of fused-ring (bicyclic) bond motifs is 2. The lowest BCUT2D eigenvalue weighted by Crippen LogP contribution is -2.53. The van der Waals surface area contributed by atoms with Crippen LogP contribution in [0.15, 0.2) is 48.7 Å². The highest BCUT2D eigenvalue weighted by atomic mass is 35.5. The fourth-order valence-corrected chi connectivity index (χ4v) is 6.96. The standard InChI is InChI=1S/C34H44ClN5O3/c1-4-33(42)39-15-13-23(14-16-39)9-12-32(41)37-30(19-26-20-36-29-8-6-5-7-28(26)29)34(43)40-22-24(21-38(2)3)17-25-18-27(35)10-11-31(25)40/h5-8,10-11,18,20,23-24,30,36H,4,9,12-17,19,21-22H2,1-3H3,(H,37,41)/t24-,30+/m0/s1. The fourth-order valence-electron chi connectivity index (χ4n) is 6.77. The first kappa shape index (κ1) is 31.1. The van der Waals surface area contributed by atoms with Gasteiger partial charge in [-0.1, -0.05) is 36.7 Å². The van der Waals surface area contributed by atoms with Crippen molar-refractivity contribution in [2.24, 2.45) is 11.8 Å². The van der Waals surface area contributed by atoms with E-state index in [4.69, 9.17) is 11.6 Å². The van der Waals surface area contributed by atoms with Gasteiger partial charge in [-0.05, 0) is 87.0 Å². The van der Waals surface area contributed by atoms with Gasteiger partial charge in [0.05, 0.1) is 0 Å². The first-order chi connectivity index (χ1) is 20.7. The zero-order valence-corrected chi connectivity index (χ0v) is 26.3. The average Bonchev–Trinajstić information content (AvgIpc) is 3.41. The van der Waals surface area contributed by atoms with Crippen molar-refractivity contribution < 1.29 is 14.4 Å². The molecule has 3 aromatic rings. The molecule has 0 radical (unpaired) electrons. The van der Waals surface area contributed by atoms with E-state index in [2.05, 4.69) is 15.2 Å². The predicted octanol–water partition coefficient (Wildman–Crippen LogP) is 5.04. The number of piperidine rings is 1. The summed E-state index contributed by atoms with van der Waals surface area (Å²) in [6, 6.07) is 13.1. The number of aromatic amines is 1. The number of para-hydroxylation sites is 1. The minimum Gasteiger partial charge on any atom is -0.361 e. The number of rotatable bonds is 10. The van der Waals surface area contributed by atoms with Gasteiger partial charge in [-0.3, -0.25) is 14.4 Å². The monoisotopic (exact) mass is 605 g/mol. The van der Waals surface area contributed by atoms with Gasteiger partial charge in [0.1, 0.15) is 6.04 Å². The Morgan fingerprint density at radius 2 is 1.86 bits per heavy atom. The highest BCUT2D eigenvalue weighted by molar-refractivity contribution is 6.30. The second kappa shape index (κ2) is 14.0. The van der Waals surface area contributed by atoms with Gasteiger partial charge in [0, 0.05) is 73.3 Å². The lowest BCUT2D eigenvalue weighted by Gasteiger charge is -2.37. The molecule has 0 bridgehead atoms. The Kier molecular flexibility index (Phi) is 10.1. The van der Waals surface area contributed by atoms with Gasteiger partial charge in [-0.2, -0.15) is 0 Å². The second-order valence-electron chi connectivity index (χ2n) is 12.5. The van der Waals surface area contributed by atoms with E-state index < -0.39 is 6.04 Å². The van der Waals surface area contributed by atoms with Crippen molar-refractivity contribution in [2.75, 3.05) is 45.2 Å². The summed E-state index contributed by atoms with van der Waals surface area (Å²) >= 11 is 6.38. The molecule has 1 saturated heterocycles. The van der Waals surface area contributed by atoms with E-state index >= 15 is 0 Å². The number of H-pyrrole nitrogens is 1. The molecule has 43 heavy (non-hydrogen) atoms. The number of hydrogen-bond donors (Lipinski definition) is 2. The van der Waals surface area contributed by atoms with Gasteiger partial charge >= 0.3 is 0 Å². The van der Waals surface area contributed by atoms with E-state index in [0.29, 0.717) is 36.7 Å². The molecule has 5 rings (SSSR count). The molecule has 2 aliphatic heterocycles. The van der Waals surface area contributed by atoms with Crippen LogP contribution < -0.4 is 10.2 Å². The molecular formula is C34H44ClN5O3. The smallest absolute Gasteiger partial charge is 0.249 e. The van der Waals surface area contributed by atoms with Crippen LogP contribution in [-0.4, -0.2) is 78.8 Å². The van der Waals surface area contributed by atoms with Crippen LogP contribution in [-0.2, 0) is 27.2 Å². The molecule has 0 aliphatic carbocycles. The topological polar surface area (TPSA) is 88.8 Å². The van der Waals surface area contributed by atoms with E-state index in [1.807, 2.05) is 79.5 Å². The third-order valence-electron chi connectivity index (χ3n) is 8.95. The molecule has 9 heteroatoms. The molecule has 3 amide bonds. The van der Waals surface area contributed by atoms with Crippen molar-refractivity contribution in [3.8, 4) is 0 Å². The average molecular weight is 606 g/mol. The quantitative estimate of drug-likeness (QED) is 0.339. The van der Waals surface area contributed by atoms with Crippen LogP contribution in [0.5, 0.6) is 0 Å². The van der Waals surface area contributed by atoms with Gasteiger partial charge in [0.15, 0.2) is 0 Å². The molecule has 8 nitrogen and oxygen atoms in total. The van der Waals surface area contributed by atoms with E-state index in [-0.39, 0.29) is 23.6 Å². The largest absolute Gasteiger partial charge is 0.361 e. The van der Waals surface area contributed by atoms with E-state index in [1.54, 1.807) is 0 Å². The lowest BCUT2D eigenvalue weighted by molar-refractivity contribution is -0.132. The Balaban J connectivity index is 1.34. The van der Waals surface area contributed by atoms with Crippen molar-refractivity contribution in [1.29, 1.82) is 0 Å². The van der Waals surface area contributed by atoms with Crippen molar-refractivity contribution in [3.05, 3.63) is 64.8 Å². The molecule has 0 spiro atoms. The van der Waals surface area contributed by atoms with Gasteiger partial charge in [0.25, 0.3) is 0 Å². The second-order valence-corrected chi connectivity index (χ2v) is 12.9. The summed E-state index contributed by atoms with van der Waals surface area (Å²) in [4.78, 5) is 49.1. The van der Waals surface area contributed by atoms with Crippen molar-refractivity contribution >= 4 is 45.9 Å². The number of likely N-dealkylation sites (tertiary alicyclic amines) is 1. The summed E-state index contributed by atoms with van der Waals surface area (Å²) in [6.45, 7) is 4.84. The molecule has 2 atom stereocenters. The number of anilines is 1. The maximum absolute atomic E-state index is 14.4. The number of hydrogen-bond acceptors (Lipinski definition) is 4. The summed E-state index contributed by atoms with van der Waals surface area (Å²) in [5, 5.41) is 4.86. The molecule has 2 N–H and O–H groups in total. The van der Waals surface area contributed by atoms with Crippen LogP contribution in [0.3, 0.4) is 0 Å². The molecule has 1 aromatic heterocycles. The fraction of sp³-hybridized carbons (Fsp3) is 0.500.